The van der Waals surface area contributed by atoms with Gasteiger partial charge in [0, 0.05) is 18.5 Å². The van der Waals surface area contributed by atoms with Crippen LogP contribution in [0.15, 0.2) is 48.5 Å². The molecule has 0 saturated heterocycles. The van der Waals surface area contributed by atoms with Crippen LogP contribution in [0.4, 0.5) is 0 Å². The van der Waals surface area contributed by atoms with E-state index in [4.69, 9.17) is 0 Å². The van der Waals surface area contributed by atoms with E-state index in [0.29, 0.717) is 12.0 Å². The first kappa shape index (κ1) is 12.4. The lowest BCUT2D eigenvalue weighted by Crippen LogP contribution is -2.17. The summed E-state index contributed by atoms with van der Waals surface area (Å²) < 4.78 is 0. The van der Waals surface area contributed by atoms with Gasteiger partial charge in [-0.25, -0.2) is 0 Å². The Morgan fingerprint density at radius 3 is 2.37 bits per heavy atom. The zero-order valence-electron chi connectivity index (χ0n) is 11.7. The number of aryl methyl sites for hydroxylation is 2. The molecule has 2 aromatic rings. The minimum atomic E-state index is 0.656. The third-order valence-electron chi connectivity index (χ3n) is 3.87. The van der Waals surface area contributed by atoms with Crippen molar-refractivity contribution in [1.29, 1.82) is 0 Å². The van der Waals surface area contributed by atoms with E-state index in [1.165, 1.54) is 28.7 Å². The normalized spacial score (nSPS) is 21.4. The summed E-state index contributed by atoms with van der Waals surface area (Å²) in [5.74, 6) is 0.715. The average Bonchev–Trinajstić information content (AvgIpc) is 3.16. The van der Waals surface area contributed by atoms with Crippen LogP contribution >= 0.6 is 0 Å². The van der Waals surface area contributed by atoms with Crippen molar-refractivity contribution in [1.82, 2.24) is 5.32 Å². The summed E-state index contributed by atoms with van der Waals surface area (Å²) in [4.78, 5) is 0. The van der Waals surface area contributed by atoms with E-state index in [0.717, 1.165) is 6.54 Å². The van der Waals surface area contributed by atoms with Crippen molar-refractivity contribution in [2.24, 2.45) is 0 Å². The molecule has 3 rings (SSSR count). The van der Waals surface area contributed by atoms with Crippen molar-refractivity contribution < 1.29 is 0 Å². The largest absolute Gasteiger partial charge is 0.309 e. The van der Waals surface area contributed by atoms with E-state index in [9.17, 15) is 0 Å². The summed E-state index contributed by atoms with van der Waals surface area (Å²) in [5.41, 5.74) is 5.58. The molecule has 2 aromatic carbocycles. The fourth-order valence-corrected chi connectivity index (χ4v) is 2.91. The second-order valence-electron chi connectivity index (χ2n) is 5.74. The van der Waals surface area contributed by atoms with Crippen molar-refractivity contribution >= 4 is 0 Å². The van der Waals surface area contributed by atoms with Crippen LogP contribution in [0.3, 0.4) is 0 Å². The summed E-state index contributed by atoms with van der Waals surface area (Å²) in [5, 5.41) is 3.68. The van der Waals surface area contributed by atoms with Crippen LogP contribution in [0, 0.1) is 13.8 Å². The summed E-state index contributed by atoms with van der Waals surface area (Å²) in [6, 6.07) is 18.3. The highest BCUT2D eigenvalue weighted by Gasteiger charge is 2.37. The molecule has 1 nitrogen and oxygen atoms in total. The van der Waals surface area contributed by atoms with Gasteiger partial charge in [-0.05, 0) is 31.4 Å². The maximum Gasteiger partial charge on any atom is 0.0208 e. The molecule has 1 N–H and O–H groups in total. The van der Waals surface area contributed by atoms with Gasteiger partial charge in [0.15, 0.2) is 0 Å². The highest BCUT2D eigenvalue weighted by atomic mass is 15.0. The molecule has 1 aliphatic rings. The molecule has 0 radical (unpaired) electrons. The minimum Gasteiger partial charge on any atom is -0.309 e. The zero-order chi connectivity index (χ0) is 13.2. The smallest absolute Gasteiger partial charge is 0.0208 e. The van der Waals surface area contributed by atoms with Crippen LogP contribution in [0.5, 0.6) is 0 Å². The summed E-state index contributed by atoms with van der Waals surface area (Å²) in [6.45, 7) is 5.32. The second kappa shape index (κ2) is 5.18. The van der Waals surface area contributed by atoms with Crippen molar-refractivity contribution in [3.8, 4) is 0 Å². The molecule has 0 spiro atoms. The standard InChI is InChI=1S/C18H21N/c1-13-8-14(2)10-15(9-13)12-19-18-11-17(18)16-6-4-3-5-7-16/h3-10,17-19H,11-12H2,1-2H3. The lowest BCUT2D eigenvalue weighted by Gasteiger charge is -2.07. The molecule has 1 aliphatic carbocycles. The monoisotopic (exact) mass is 251 g/mol. The lowest BCUT2D eigenvalue weighted by atomic mass is 10.1. The van der Waals surface area contributed by atoms with Crippen LogP contribution in [0.2, 0.25) is 0 Å². The fourth-order valence-electron chi connectivity index (χ4n) is 2.91. The fraction of sp³-hybridized carbons (Fsp3) is 0.333. The Balaban J connectivity index is 1.57. The van der Waals surface area contributed by atoms with Crippen molar-refractivity contribution in [3.05, 3.63) is 70.8 Å². The molecular formula is C18H21N. The van der Waals surface area contributed by atoms with Crippen LogP contribution in [-0.2, 0) is 6.54 Å². The van der Waals surface area contributed by atoms with Gasteiger partial charge < -0.3 is 5.32 Å². The maximum absolute atomic E-state index is 3.68. The lowest BCUT2D eigenvalue weighted by molar-refractivity contribution is 0.672. The summed E-state index contributed by atoms with van der Waals surface area (Å²) >= 11 is 0. The maximum atomic E-state index is 3.68. The Morgan fingerprint density at radius 2 is 1.68 bits per heavy atom. The van der Waals surface area contributed by atoms with Crippen LogP contribution < -0.4 is 5.32 Å². The van der Waals surface area contributed by atoms with Gasteiger partial charge in [0.25, 0.3) is 0 Å². The molecule has 0 aromatic heterocycles. The Bertz CT molecular complexity index is 539. The van der Waals surface area contributed by atoms with Gasteiger partial charge in [0.05, 0.1) is 0 Å². The topological polar surface area (TPSA) is 12.0 Å². The molecule has 0 aliphatic heterocycles. The van der Waals surface area contributed by atoms with E-state index in [1.807, 2.05) is 0 Å². The van der Waals surface area contributed by atoms with E-state index in [2.05, 4.69) is 67.7 Å². The van der Waals surface area contributed by atoms with Gasteiger partial charge >= 0.3 is 0 Å². The third-order valence-corrected chi connectivity index (χ3v) is 3.87. The predicted octanol–water partition coefficient (Wildman–Crippen LogP) is 3.95. The second-order valence-corrected chi connectivity index (χ2v) is 5.74. The number of hydrogen-bond donors (Lipinski definition) is 1. The van der Waals surface area contributed by atoms with Gasteiger partial charge in [-0.15, -0.1) is 0 Å². The highest BCUT2D eigenvalue weighted by Crippen LogP contribution is 2.40. The summed E-state index contributed by atoms with van der Waals surface area (Å²) in [6.07, 6.45) is 1.27. The number of rotatable bonds is 4. The molecule has 0 bridgehead atoms. The highest BCUT2D eigenvalue weighted by molar-refractivity contribution is 5.30. The van der Waals surface area contributed by atoms with Crippen LogP contribution in [0.25, 0.3) is 0 Å². The van der Waals surface area contributed by atoms with E-state index in [1.54, 1.807) is 0 Å². The molecule has 19 heavy (non-hydrogen) atoms. The van der Waals surface area contributed by atoms with Crippen LogP contribution in [0.1, 0.15) is 34.6 Å². The Hall–Kier alpha value is -1.60. The van der Waals surface area contributed by atoms with Gasteiger partial charge in [-0.3, -0.25) is 0 Å². The van der Waals surface area contributed by atoms with Gasteiger partial charge in [0.1, 0.15) is 0 Å². The van der Waals surface area contributed by atoms with E-state index < -0.39 is 0 Å². The number of nitrogens with one attached hydrogen (secondary N) is 1. The van der Waals surface area contributed by atoms with E-state index >= 15 is 0 Å². The number of benzene rings is 2. The Morgan fingerprint density at radius 1 is 1.00 bits per heavy atom. The van der Waals surface area contributed by atoms with Gasteiger partial charge in [-0.2, -0.15) is 0 Å². The molecular weight excluding hydrogens is 230 g/mol. The molecule has 0 amide bonds. The SMILES string of the molecule is Cc1cc(C)cc(CNC2CC2c2ccccc2)c1. The van der Waals surface area contributed by atoms with Gasteiger partial charge in [0.2, 0.25) is 0 Å². The van der Waals surface area contributed by atoms with Crippen LogP contribution in [-0.4, -0.2) is 6.04 Å². The third kappa shape index (κ3) is 3.05. The Kier molecular flexibility index (Phi) is 3.39. The van der Waals surface area contributed by atoms with Crippen molar-refractivity contribution in [2.75, 3.05) is 0 Å². The van der Waals surface area contributed by atoms with Crippen molar-refractivity contribution in [2.45, 2.75) is 38.8 Å². The quantitative estimate of drug-likeness (QED) is 0.867. The molecule has 1 saturated carbocycles. The molecule has 98 valence electrons. The molecule has 2 unspecified atom stereocenters. The minimum absolute atomic E-state index is 0.656. The number of hydrogen-bond acceptors (Lipinski definition) is 1. The molecule has 1 heteroatoms. The Labute approximate surface area is 115 Å². The predicted molar refractivity (Wildman–Crippen MR) is 80.3 cm³/mol. The zero-order valence-corrected chi connectivity index (χ0v) is 11.7. The van der Waals surface area contributed by atoms with Gasteiger partial charge in [-0.1, -0.05) is 59.7 Å². The molecule has 1 fully saturated rings. The molecule has 2 atom stereocenters. The first-order valence-corrected chi connectivity index (χ1v) is 7.08. The first-order chi connectivity index (χ1) is 9.22. The molecule has 0 heterocycles. The van der Waals surface area contributed by atoms with Crippen molar-refractivity contribution in [3.63, 3.8) is 0 Å². The van der Waals surface area contributed by atoms with E-state index in [-0.39, 0.29) is 0 Å². The first-order valence-electron chi connectivity index (χ1n) is 7.08. The summed E-state index contributed by atoms with van der Waals surface area (Å²) in [7, 11) is 0. The average molecular weight is 251 g/mol.